The van der Waals surface area contributed by atoms with Crippen LogP contribution in [-0.2, 0) is 6.61 Å². The van der Waals surface area contributed by atoms with Gasteiger partial charge in [-0.15, -0.1) is 0 Å². The molecule has 84 valence electrons. The third-order valence-electron chi connectivity index (χ3n) is 2.87. The van der Waals surface area contributed by atoms with Crippen molar-refractivity contribution in [3.63, 3.8) is 0 Å². The van der Waals surface area contributed by atoms with Crippen molar-refractivity contribution < 1.29 is 5.11 Å². The van der Waals surface area contributed by atoms with Crippen LogP contribution in [0, 0.1) is 0 Å². The summed E-state index contributed by atoms with van der Waals surface area (Å²) < 4.78 is 0. The first-order valence-electron chi connectivity index (χ1n) is 5.51. The van der Waals surface area contributed by atoms with Gasteiger partial charge in [0.2, 0.25) is 0 Å². The number of pyridine rings is 1. The molecular formula is C14H12N2O. The van der Waals surface area contributed by atoms with Crippen molar-refractivity contribution in [3.8, 4) is 11.3 Å². The van der Waals surface area contributed by atoms with Crippen LogP contribution >= 0.6 is 0 Å². The predicted molar refractivity (Wildman–Crippen MR) is 67.5 cm³/mol. The van der Waals surface area contributed by atoms with Gasteiger partial charge in [-0.2, -0.15) is 0 Å². The zero-order valence-electron chi connectivity index (χ0n) is 9.22. The second kappa shape index (κ2) is 4.03. The minimum atomic E-state index is 0.0379. The lowest BCUT2D eigenvalue weighted by Gasteiger charge is -2.04. The van der Waals surface area contributed by atoms with Gasteiger partial charge in [-0.25, -0.2) is 0 Å². The van der Waals surface area contributed by atoms with Crippen LogP contribution in [0.1, 0.15) is 5.56 Å². The number of aliphatic hydroxyl groups excluding tert-OH is 1. The Labute approximate surface area is 98.8 Å². The number of fused-ring (bicyclic) bond motifs is 1. The molecule has 0 saturated heterocycles. The number of aromatic amines is 1. The topological polar surface area (TPSA) is 48.9 Å². The van der Waals surface area contributed by atoms with Crippen molar-refractivity contribution in [1.29, 1.82) is 0 Å². The highest BCUT2D eigenvalue weighted by Gasteiger charge is 2.05. The van der Waals surface area contributed by atoms with Crippen molar-refractivity contribution in [3.05, 3.63) is 54.4 Å². The van der Waals surface area contributed by atoms with E-state index in [1.54, 1.807) is 6.20 Å². The van der Waals surface area contributed by atoms with Gasteiger partial charge in [0.1, 0.15) is 0 Å². The molecule has 3 rings (SSSR count). The second-order valence-corrected chi connectivity index (χ2v) is 3.95. The summed E-state index contributed by atoms with van der Waals surface area (Å²) in [4.78, 5) is 7.58. The standard InChI is InChI=1S/C14H12N2O/c17-9-10-4-6-15-13(8-10)12-3-1-2-11-5-7-16-14(11)12/h1-8,16-17H,9H2. The lowest BCUT2D eigenvalue weighted by molar-refractivity contribution is 0.282. The Kier molecular flexibility index (Phi) is 2.38. The van der Waals surface area contributed by atoms with Crippen LogP contribution in [0.3, 0.4) is 0 Å². The minimum Gasteiger partial charge on any atom is -0.392 e. The predicted octanol–water partition coefficient (Wildman–Crippen LogP) is 2.72. The molecule has 3 nitrogen and oxygen atoms in total. The summed E-state index contributed by atoms with van der Waals surface area (Å²) in [5.41, 5.74) is 3.89. The van der Waals surface area contributed by atoms with Crippen LogP contribution in [0.2, 0.25) is 0 Å². The molecule has 0 aliphatic heterocycles. The summed E-state index contributed by atoms with van der Waals surface area (Å²) in [7, 11) is 0. The molecule has 0 bridgehead atoms. The van der Waals surface area contributed by atoms with Gasteiger partial charge >= 0.3 is 0 Å². The van der Waals surface area contributed by atoms with E-state index in [1.807, 2.05) is 36.5 Å². The van der Waals surface area contributed by atoms with E-state index in [4.69, 9.17) is 5.11 Å². The molecule has 1 aromatic carbocycles. The molecule has 2 aromatic heterocycles. The summed E-state index contributed by atoms with van der Waals surface area (Å²) in [5, 5.41) is 10.3. The summed E-state index contributed by atoms with van der Waals surface area (Å²) in [6.45, 7) is 0.0379. The summed E-state index contributed by atoms with van der Waals surface area (Å²) >= 11 is 0. The van der Waals surface area contributed by atoms with Gasteiger partial charge in [-0.3, -0.25) is 4.98 Å². The first kappa shape index (κ1) is 10.1. The summed E-state index contributed by atoms with van der Waals surface area (Å²) in [5.74, 6) is 0. The third kappa shape index (κ3) is 1.70. The molecule has 3 aromatic rings. The number of para-hydroxylation sites is 1. The van der Waals surface area contributed by atoms with Crippen molar-refractivity contribution in [2.24, 2.45) is 0 Å². The van der Waals surface area contributed by atoms with Crippen LogP contribution < -0.4 is 0 Å². The molecule has 0 fully saturated rings. The lowest BCUT2D eigenvalue weighted by Crippen LogP contribution is -1.89. The lowest BCUT2D eigenvalue weighted by atomic mass is 10.1. The Hall–Kier alpha value is -2.13. The number of hydrogen-bond acceptors (Lipinski definition) is 2. The third-order valence-corrected chi connectivity index (χ3v) is 2.87. The van der Waals surface area contributed by atoms with Gasteiger partial charge in [0.05, 0.1) is 17.8 Å². The van der Waals surface area contributed by atoms with E-state index < -0.39 is 0 Å². The summed E-state index contributed by atoms with van der Waals surface area (Å²) in [6.07, 6.45) is 3.65. The molecule has 0 amide bonds. The molecule has 0 aliphatic carbocycles. The van der Waals surface area contributed by atoms with E-state index in [9.17, 15) is 0 Å². The first-order valence-corrected chi connectivity index (χ1v) is 5.51. The number of rotatable bonds is 2. The molecule has 17 heavy (non-hydrogen) atoms. The number of aliphatic hydroxyl groups is 1. The zero-order chi connectivity index (χ0) is 11.7. The first-order chi connectivity index (χ1) is 8.38. The normalized spacial score (nSPS) is 10.9. The molecule has 0 unspecified atom stereocenters. The number of benzene rings is 1. The fraction of sp³-hybridized carbons (Fsp3) is 0.0714. The second-order valence-electron chi connectivity index (χ2n) is 3.95. The molecule has 0 spiro atoms. The number of aromatic nitrogens is 2. The largest absolute Gasteiger partial charge is 0.392 e. The van der Waals surface area contributed by atoms with E-state index in [0.29, 0.717) is 0 Å². The van der Waals surface area contributed by atoms with Crippen molar-refractivity contribution >= 4 is 10.9 Å². The van der Waals surface area contributed by atoms with E-state index in [-0.39, 0.29) is 6.61 Å². The number of nitrogens with one attached hydrogen (secondary N) is 1. The highest BCUT2D eigenvalue weighted by molar-refractivity contribution is 5.93. The van der Waals surface area contributed by atoms with Crippen molar-refractivity contribution in [2.45, 2.75) is 6.61 Å². The van der Waals surface area contributed by atoms with E-state index in [0.717, 1.165) is 22.3 Å². The van der Waals surface area contributed by atoms with Crippen molar-refractivity contribution in [2.75, 3.05) is 0 Å². The molecule has 2 heterocycles. The van der Waals surface area contributed by atoms with Crippen LogP contribution in [0.4, 0.5) is 0 Å². The molecule has 0 radical (unpaired) electrons. The zero-order valence-corrected chi connectivity index (χ0v) is 9.22. The Bertz CT molecular complexity index is 658. The molecule has 0 saturated carbocycles. The molecule has 2 N–H and O–H groups in total. The minimum absolute atomic E-state index is 0.0379. The van der Waals surface area contributed by atoms with E-state index in [1.165, 1.54) is 5.39 Å². The smallest absolute Gasteiger partial charge is 0.0726 e. The van der Waals surface area contributed by atoms with Gasteiger partial charge in [0.15, 0.2) is 0 Å². The fourth-order valence-corrected chi connectivity index (χ4v) is 2.02. The molecule has 3 heteroatoms. The average Bonchev–Trinajstić information content (AvgIpc) is 2.87. The van der Waals surface area contributed by atoms with Crippen LogP contribution in [0.15, 0.2) is 48.8 Å². The Morgan fingerprint density at radius 2 is 2.12 bits per heavy atom. The maximum absolute atomic E-state index is 9.15. The molecular weight excluding hydrogens is 212 g/mol. The fourth-order valence-electron chi connectivity index (χ4n) is 2.02. The van der Waals surface area contributed by atoms with E-state index in [2.05, 4.69) is 16.0 Å². The molecule has 0 aliphatic rings. The number of nitrogens with zero attached hydrogens (tertiary/aromatic N) is 1. The van der Waals surface area contributed by atoms with Gasteiger partial charge < -0.3 is 10.1 Å². The van der Waals surface area contributed by atoms with Gasteiger partial charge in [-0.05, 0) is 23.8 Å². The van der Waals surface area contributed by atoms with Gasteiger partial charge in [0.25, 0.3) is 0 Å². The molecule has 0 atom stereocenters. The Morgan fingerprint density at radius 1 is 1.18 bits per heavy atom. The SMILES string of the molecule is OCc1ccnc(-c2cccc3cc[nH]c23)c1. The van der Waals surface area contributed by atoms with Crippen molar-refractivity contribution in [1.82, 2.24) is 9.97 Å². The highest BCUT2D eigenvalue weighted by atomic mass is 16.3. The van der Waals surface area contributed by atoms with Gasteiger partial charge in [0, 0.05) is 23.3 Å². The maximum Gasteiger partial charge on any atom is 0.0726 e. The Balaban J connectivity index is 2.23. The number of hydrogen-bond donors (Lipinski definition) is 2. The van der Waals surface area contributed by atoms with Gasteiger partial charge in [-0.1, -0.05) is 18.2 Å². The van der Waals surface area contributed by atoms with Crippen LogP contribution in [-0.4, -0.2) is 15.1 Å². The Morgan fingerprint density at radius 3 is 3.00 bits per heavy atom. The monoisotopic (exact) mass is 224 g/mol. The quantitative estimate of drug-likeness (QED) is 0.703. The summed E-state index contributed by atoms with van der Waals surface area (Å²) in [6, 6.07) is 11.9. The number of H-pyrrole nitrogens is 1. The van der Waals surface area contributed by atoms with E-state index >= 15 is 0 Å². The van der Waals surface area contributed by atoms with Crippen LogP contribution in [0.25, 0.3) is 22.2 Å². The van der Waals surface area contributed by atoms with Crippen LogP contribution in [0.5, 0.6) is 0 Å². The highest BCUT2D eigenvalue weighted by Crippen LogP contribution is 2.26. The maximum atomic E-state index is 9.15. The average molecular weight is 224 g/mol.